The molecule has 0 aliphatic rings. The number of rotatable bonds is 12. The van der Waals surface area contributed by atoms with Gasteiger partial charge >= 0.3 is 94.6 Å². The van der Waals surface area contributed by atoms with Crippen molar-refractivity contribution in [2.75, 3.05) is 13.2 Å². The summed E-state index contributed by atoms with van der Waals surface area (Å²) in [5.41, 5.74) is 1.45. The van der Waals surface area contributed by atoms with E-state index in [0.29, 0.717) is 5.92 Å². The number of carboxylic acids is 3. The fourth-order valence-corrected chi connectivity index (χ4v) is 2.36. The van der Waals surface area contributed by atoms with Gasteiger partial charge < -0.3 is 39.8 Å². The van der Waals surface area contributed by atoms with Crippen molar-refractivity contribution in [1.82, 2.24) is 5.32 Å². The van der Waals surface area contributed by atoms with Gasteiger partial charge in [0.05, 0.1) is 12.5 Å². The van der Waals surface area contributed by atoms with Gasteiger partial charge in [-0.2, -0.15) is 0 Å². The molecule has 40 heavy (non-hydrogen) atoms. The van der Waals surface area contributed by atoms with E-state index in [2.05, 4.69) is 56.1 Å². The Kier molecular flexibility index (Phi) is 34.8. The number of carboxylic acid groups (broad SMARTS) is 3. The van der Waals surface area contributed by atoms with E-state index in [0.717, 1.165) is 6.08 Å². The van der Waals surface area contributed by atoms with Crippen molar-refractivity contribution in [2.45, 2.75) is 53.9 Å². The molecule has 0 aliphatic carbocycles. The average Bonchev–Trinajstić information content (AvgIpc) is 2.89. The summed E-state index contributed by atoms with van der Waals surface area (Å²) in [6.45, 7) is 13.2. The van der Waals surface area contributed by atoms with Gasteiger partial charge in [0, 0.05) is 35.7 Å². The predicted molar refractivity (Wildman–Crippen MR) is 131 cm³/mol. The van der Waals surface area contributed by atoms with Crippen LogP contribution in [0.5, 0.6) is 0 Å². The summed E-state index contributed by atoms with van der Waals surface area (Å²) in [6, 6.07) is 10.6. The number of carbonyl (C=O) groups is 5. The molecule has 0 aliphatic heterocycles. The molecule has 208 valence electrons. The zero-order valence-corrected chi connectivity index (χ0v) is 31.4. The van der Waals surface area contributed by atoms with E-state index in [-0.39, 0.29) is 108 Å². The third kappa shape index (κ3) is 22.9. The summed E-state index contributed by atoms with van der Waals surface area (Å²) in [5, 5.41) is 33.0. The first-order valence-corrected chi connectivity index (χ1v) is 11.9. The summed E-state index contributed by atoms with van der Waals surface area (Å²) in [7, 11) is 0. The third-order valence-corrected chi connectivity index (χ3v) is 5.80. The van der Waals surface area contributed by atoms with Gasteiger partial charge in [-0.25, -0.2) is 0 Å². The van der Waals surface area contributed by atoms with E-state index in [1.54, 1.807) is 0 Å². The molecule has 5 atom stereocenters. The number of amides is 1. The van der Waals surface area contributed by atoms with Crippen molar-refractivity contribution in [3.05, 3.63) is 48.6 Å². The second-order valence-electron chi connectivity index (χ2n) is 8.49. The van der Waals surface area contributed by atoms with Crippen molar-refractivity contribution in [2.24, 2.45) is 23.7 Å². The Bertz CT molecular complexity index is 867. The molecule has 1 aromatic carbocycles. The Morgan fingerprint density at radius 2 is 1.20 bits per heavy atom. The summed E-state index contributed by atoms with van der Waals surface area (Å²) in [4.78, 5) is 52.7. The number of esters is 1. The van der Waals surface area contributed by atoms with Crippen LogP contribution in [0, 0.1) is 23.7 Å². The van der Waals surface area contributed by atoms with Crippen LogP contribution in [0.3, 0.4) is 0 Å². The molecule has 1 rings (SSSR count). The van der Waals surface area contributed by atoms with Gasteiger partial charge in [-0.15, -0.1) is 0 Å². The van der Waals surface area contributed by atoms with E-state index in [9.17, 15) is 39.3 Å². The van der Waals surface area contributed by atoms with Gasteiger partial charge in [-0.3, -0.25) is 9.59 Å². The van der Waals surface area contributed by atoms with Crippen molar-refractivity contribution in [1.29, 1.82) is 0 Å². The summed E-state index contributed by atoms with van der Waals surface area (Å²) in [6.07, 6.45) is 2.33. The van der Waals surface area contributed by atoms with Crippen molar-refractivity contribution >= 4 is 29.8 Å². The minimum Gasteiger partial charge on any atom is -0.550 e. The van der Waals surface area contributed by atoms with Crippen molar-refractivity contribution < 1.29 is 133 Å². The second kappa shape index (κ2) is 28.4. The Morgan fingerprint density at radius 1 is 0.800 bits per heavy atom. The fourth-order valence-electron chi connectivity index (χ4n) is 2.36. The van der Waals surface area contributed by atoms with Gasteiger partial charge in [0.15, 0.2) is 0 Å². The number of nitrogens with one attached hydrogen (secondary N) is 1. The Balaban J connectivity index is -0.000000155. The normalized spacial score (nSPS) is 12.8. The average molecular weight is 590 g/mol. The summed E-state index contributed by atoms with van der Waals surface area (Å²) in [5.74, 6) is -7.99. The van der Waals surface area contributed by atoms with Crippen LogP contribution in [0.4, 0.5) is 0 Å². The number of ether oxygens (including phenoxy) is 1. The van der Waals surface area contributed by atoms with Gasteiger partial charge in [0.1, 0.15) is 6.61 Å². The molecule has 0 heterocycles. The first kappa shape index (κ1) is 49.0. The minimum atomic E-state index is -1.36. The van der Waals surface area contributed by atoms with Crippen LogP contribution in [0.1, 0.15) is 59.4 Å². The maximum Gasteiger partial charge on any atom is 1.00 e. The van der Waals surface area contributed by atoms with Gasteiger partial charge in [-0.05, 0) is 24.0 Å². The smallest absolute Gasteiger partial charge is 0.550 e. The molecule has 0 saturated heterocycles. The molecule has 13 heteroatoms. The van der Waals surface area contributed by atoms with Crippen LogP contribution >= 0.6 is 0 Å². The largest absolute Gasteiger partial charge is 1.00 e. The van der Waals surface area contributed by atoms with Gasteiger partial charge in [-0.1, -0.05) is 78.5 Å². The molecule has 0 radical (unpaired) electrons. The zero-order valence-electron chi connectivity index (χ0n) is 25.4. The molecular weight excluding hydrogens is 551 g/mol. The SMILES string of the molecule is C=CC(=O)NCCOC(=O)C(C)C(C)C(=O)[O-].CC(C(=O)[O-])C(C)C(=O)[O-].CCC(C)c1ccccc1.[Na+].[Na+].[Na+]. The zero-order chi connectivity index (χ0) is 29.1. The quantitative estimate of drug-likeness (QED) is 0.107. The van der Waals surface area contributed by atoms with Crippen LogP contribution in [-0.4, -0.2) is 42.9 Å². The molecular formula is C27H38NNa3O9. The maximum atomic E-state index is 11.4. The standard InChI is InChI=1S/C11H17NO5.C10H14.C6H10O4.3Na/c1-4-9(13)12-5-6-17-11(16)8(3)7(2)10(14)15;1-3-9(2)10-7-5-4-6-8-10;1-3(5(7)8)4(2)6(9)10;;;/h4,7-8H,1,5-6H2,2-3H3,(H,12,13)(H,14,15);4-9H,3H2,1-2H3;3-4H,1-2H3,(H,7,8)(H,9,10);;;/q;;;3*+1/p-3. The summed E-state index contributed by atoms with van der Waals surface area (Å²) < 4.78 is 4.79. The maximum absolute atomic E-state index is 11.4. The van der Waals surface area contributed by atoms with Crippen LogP contribution in [0.15, 0.2) is 43.0 Å². The molecule has 5 unspecified atom stereocenters. The van der Waals surface area contributed by atoms with E-state index >= 15 is 0 Å². The molecule has 0 aromatic heterocycles. The predicted octanol–water partition coefficient (Wildman–Crippen LogP) is -9.18. The van der Waals surface area contributed by atoms with Crippen molar-refractivity contribution in [3.63, 3.8) is 0 Å². The number of carbonyl (C=O) groups excluding carboxylic acids is 5. The second-order valence-corrected chi connectivity index (χ2v) is 8.49. The number of hydrogen-bond donors (Lipinski definition) is 1. The number of aliphatic carboxylic acids is 3. The Hall–Kier alpha value is -0.690. The molecule has 0 fully saturated rings. The number of benzene rings is 1. The summed E-state index contributed by atoms with van der Waals surface area (Å²) >= 11 is 0. The van der Waals surface area contributed by atoms with Crippen molar-refractivity contribution in [3.8, 4) is 0 Å². The van der Waals surface area contributed by atoms with Crippen LogP contribution in [0.25, 0.3) is 0 Å². The molecule has 10 nitrogen and oxygen atoms in total. The molecule has 1 amide bonds. The fraction of sp³-hybridized carbons (Fsp3) is 0.519. The van der Waals surface area contributed by atoms with E-state index in [1.165, 1.54) is 39.7 Å². The monoisotopic (exact) mass is 589 g/mol. The molecule has 0 saturated carbocycles. The Labute approximate surface area is 304 Å². The van der Waals surface area contributed by atoms with E-state index in [4.69, 9.17) is 4.74 Å². The molecule has 0 spiro atoms. The van der Waals surface area contributed by atoms with Crippen LogP contribution < -0.4 is 109 Å². The third-order valence-electron chi connectivity index (χ3n) is 5.80. The molecule has 1 aromatic rings. The van der Waals surface area contributed by atoms with Crippen LogP contribution in [-0.2, 0) is 28.7 Å². The van der Waals surface area contributed by atoms with E-state index in [1.807, 2.05) is 0 Å². The topological polar surface area (TPSA) is 176 Å². The van der Waals surface area contributed by atoms with Crippen LogP contribution in [0.2, 0.25) is 0 Å². The number of hydrogen-bond acceptors (Lipinski definition) is 9. The molecule has 0 bridgehead atoms. The first-order valence-electron chi connectivity index (χ1n) is 11.9. The molecule has 1 N–H and O–H groups in total. The van der Waals surface area contributed by atoms with Gasteiger partial charge in [0.2, 0.25) is 5.91 Å². The first-order chi connectivity index (χ1) is 17.2. The minimum absolute atomic E-state index is 0. The van der Waals surface area contributed by atoms with Gasteiger partial charge in [0.25, 0.3) is 0 Å². The Morgan fingerprint density at radius 3 is 1.55 bits per heavy atom. The van der Waals surface area contributed by atoms with E-state index < -0.39 is 47.5 Å².